The second-order valence-electron chi connectivity index (χ2n) is 3.88. The van der Waals surface area contributed by atoms with E-state index in [0.717, 1.165) is 15.1 Å². The van der Waals surface area contributed by atoms with E-state index in [4.69, 9.17) is 5.73 Å². The van der Waals surface area contributed by atoms with Crippen molar-refractivity contribution in [2.75, 3.05) is 13.1 Å². The lowest BCUT2D eigenvalue weighted by molar-refractivity contribution is 0.472. The average molecular weight is 362 g/mol. The van der Waals surface area contributed by atoms with E-state index in [2.05, 4.69) is 15.9 Å². The van der Waals surface area contributed by atoms with Gasteiger partial charge in [-0.05, 0) is 35.3 Å². The number of hydrogen-bond donors (Lipinski definition) is 1. The molecule has 1 aliphatic rings. The first kappa shape index (κ1) is 15.4. The van der Waals surface area contributed by atoms with Crippen molar-refractivity contribution in [2.24, 2.45) is 5.73 Å². The highest BCUT2D eigenvalue weighted by molar-refractivity contribution is 9.11. The Hall–Kier alpha value is 0.340. The van der Waals surface area contributed by atoms with Gasteiger partial charge in [0.1, 0.15) is 0 Å². The Labute approximate surface area is 120 Å². The van der Waals surface area contributed by atoms with E-state index in [1.807, 2.05) is 6.92 Å². The maximum atomic E-state index is 12.3. The highest BCUT2D eigenvalue weighted by Gasteiger charge is 2.32. The zero-order valence-corrected chi connectivity index (χ0v) is 13.3. The topological polar surface area (TPSA) is 63.4 Å². The van der Waals surface area contributed by atoms with E-state index < -0.39 is 10.0 Å². The van der Waals surface area contributed by atoms with Crippen LogP contribution in [0.5, 0.6) is 0 Å². The first-order valence-electron chi connectivity index (χ1n) is 4.93. The average Bonchev–Trinajstić information content (AvgIpc) is 2.73. The number of hydrogen-bond acceptors (Lipinski definition) is 4. The molecule has 8 heteroatoms. The van der Waals surface area contributed by atoms with Crippen LogP contribution < -0.4 is 5.73 Å². The van der Waals surface area contributed by atoms with E-state index in [9.17, 15) is 8.42 Å². The van der Waals surface area contributed by atoms with Crippen LogP contribution in [-0.2, 0) is 10.0 Å². The van der Waals surface area contributed by atoms with Gasteiger partial charge in [-0.3, -0.25) is 0 Å². The van der Waals surface area contributed by atoms with Crippen LogP contribution in [0.3, 0.4) is 0 Å². The van der Waals surface area contributed by atoms with Gasteiger partial charge in [-0.1, -0.05) is 0 Å². The van der Waals surface area contributed by atoms with Crippen molar-refractivity contribution >= 4 is 49.7 Å². The van der Waals surface area contributed by atoms with Crippen molar-refractivity contribution in [2.45, 2.75) is 24.3 Å². The lowest BCUT2D eigenvalue weighted by Crippen LogP contribution is -2.32. The normalized spacial score (nSPS) is 21.5. The molecule has 1 aliphatic heterocycles. The summed E-state index contributed by atoms with van der Waals surface area (Å²) < 4.78 is 26.9. The van der Waals surface area contributed by atoms with E-state index in [0.29, 0.717) is 18.0 Å². The van der Waals surface area contributed by atoms with E-state index in [-0.39, 0.29) is 18.4 Å². The van der Waals surface area contributed by atoms with Crippen molar-refractivity contribution in [3.8, 4) is 0 Å². The highest BCUT2D eigenvalue weighted by Crippen LogP contribution is 2.32. The smallest absolute Gasteiger partial charge is 0.244 e. The largest absolute Gasteiger partial charge is 0.326 e. The van der Waals surface area contributed by atoms with Crippen molar-refractivity contribution in [3.63, 3.8) is 0 Å². The quantitative estimate of drug-likeness (QED) is 0.876. The zero-order chi connectivity index (χ0) is 11.9. The number of thiophene rings is 1. The molecule has 0 saturated carbocycles. The molecule has 1 saturated heterocycles. The summed E-state index contributed by atoms with van der Waals surface area (Å²) in [5.41, 5.74) is 5.73. The van der Waals surface area contributed by atoms with Gasteiger partial charge >= 0.3 is 0 Å². The van der Waals surface area contributed by atoms with Gasteiger partial charge in [0.25, 0.3) is 0 Å². The minimum atomic E-state index is -3.35. The third kappa shape index (κ3) is 3.02. The van der Waals surface area contributed by atoms with Gasteiger partial charge in [-0.15, -0.1) is 23.7 Å². The van der Waals surface area contributed by atoms with Crippen LogP contribution in [0.2, 0.25) is 0 Å². The molecule has 0 unspecified atom stereocenters. The van der Waals surface area contributed by atoms with Crippen LogP contribution in [0, 0.1) is 6.92 Å². The maximum Gasteiger partial charge on any atom is 0.244 e. The summed E-state index contributed by atoms with van der Waals surface area (Å²) in [7, 11) is -3.35. The second-order valence-corrected chi connectivity index (χ2v) is 8.42. The summed E-state index contributed by atoms with van der Waals surface area (Å²) in [5.74, 6) is 0. The summed E-state index contributed by atoms with van der Waals surface area (Å²) >= 11 is 4.74. The van der Waals surface area contributed by atoms with Crippen molar-refractivity contribution < 1.29 is 8.42 Å². The molecule has 0 radical (unpaired) electrons. The molecule has 0 bridgehead atoms. The SMILES string of the molecule is Cc1sc(Br)cc1S(=O)(=O)N1CC[C@H](N)C1.Cl. The molecule has 0 amide bonds. The van der Waals surface area contributed by atoms with Gasteiger partial charge in [-0.25, -0.2) is 8.42 Å². The molecule has 1 atom stereocenters. The molecule has 0 aromatic carbocycles. The summed E-state index contributed by atoms with van der Waals surface area (Å²) in [6.45, 7) is 2.77. The molecule has 17 heavy (non-hydrogen) atoms. The van der Waals surface area contributed by atoms with Crippen LogP contribution in [0.1, 0.15) is 11.3 Å². The second kappa shape index (κ2) is 5.54. The Kier molecular flexibility index (Phi) is 5.02. The lowest BCUT2D eigenvalue weighted by atomic mass is 10.3. The third-order valence-electron chi connectivity index (χ3n) is 2.65. The van der Waals surface area contributed by atoms with Gasteiger partial charge in [0.2, 0.25) is 10.0 Å². The van der Waals surface area contributed by atoms with E-state index in [1.54, 1.807) is 6.07 Å². The summed E-state index contributed by atoms with van der Waals surface area (Å²) in [6, 6.07) is 1.64. The molecule has 0 aliphatic carbocycles. The Morgan fingerprint density at radius 2 is 2.24 bits per heavy atom. The molecular formula is C9H14BrClN2O2S2. The molecule has 2 N–H and O–H groups in total. The molecule has 4 nitrogen and oxygen atoms in total. The molecule has 0 spiro atoms. The van der Waals surface area contributed by atoms with Gasteiger partial charge in [-0.2, -0.15) is 4.31 Å². The van der Waals surface area contributed by atoms with Crippen molar-refractivity contribution in [1.82, 2.24) is 4.31 Å². The molecule has 2 rings (SSSR count). The monoisotopic (exact) mass is 360 g/mol. The molecular weight excluding hydrogens is 348 g/mol. The van der Waals surface area contributed by atoms with Crippen LogP contribution >= 0.6 is 39.7 Å². The minimum Gasteiger partial charge on any atom is -0.326 e. The fraction of sp³-hybridized carbons (Fsp3) is 0.556. The first-order chi connectivity index (χ1) is 7.41. The number of sulfonamides is 1. The van der Waals surface area contributed by atoms with Gasteiger partial charge in [0.05, 0.1) is 8.68 Å². The minimum absolute atomic E-state index is 0. The molecule has 1 fully saturated rings. The predicted octanol–water partition coefficient (Wildman–Crippen LogP) is 1.96. The van der Waals surface area contributed by atoms with Gasteiger partial charge in [0.15, 0.2) is 0 Å². The van der Waals surface area contributed by atoms with Gasteiger partial charge in [0, 0.05) is 24.0 Å². The standard InChI is InChI=1S/C9H13BrN2O2S2.ClH/c1-6-8(4-9(10)15-6)16(13,14)12-3-2-7(11)5-12;/h4,7H,2-3,5,11H2,1H3;1H/t7-;/m0./s1. The summed E-state index contributed by atoms with van der Waals surface area (Å²) in [6.07, 6.45) is 0.740. The molecule has 98 valence electrons. The fourth-order valence-corrected chi connectivity index (χ4v) is 5.69. The lowest BCUT2D eigenvalue weighted by Gasteiger charge is -2.15. The van der Waals surface area contributed by atoms with E-state index >= 15 is 0 Å². The Bertz CT molecular complexity index is 503. The Morgan fingerprint density at radius 3 is 2.65 bits per heavy atom. The number of nitrogens with two attached hydrogens (primary N) is 1. The van der Waals surface area contributed by atoms with Crippen molar-refractivity contribution in [1.29, 1.82) is 0 Å². The van der Waals surface area contributed by atoms with Crippen LogP contribution in [-0.4, -0.2) is 31.9 Å². The Balaban J connectivity index is 0.00000144. The predicted molar refractivity (Wildman–Crippen MR) is 75.4 cm³/mol. The zero-order valence-electron chi connectivity index (χ0n) is 9.22. The Morgan fingerprint density at radius 1 is 1.59 bits per heavy atom. The first-order valence-corrected chi connectivity index (χ1v) is 7.98. The van der Waals surface area contributed by atoms with Gasteiger partial charge < -0.3 is 5.73 Å². The molecule has 1 aromatic rings. The summed E-state index contributed by atoms with van der Waals surface area (Å²) in [4.78, 5) is 1.21. The number of rotatable bonds is 2. The molecule has 2 heterocycles. The third-order valence-corrected chi connectivity index (χ3v) is 6.32. The van der Waals surface area contributed by atoms with Crippen LogP contribution in [0.4, 0.5) is 0 Å². The van der Waals surface area contributed by atoms with E-state index in [1.165, 1.54) is 15.6 Å². The summed E-state index contributed by atoms with van der Waals surface area (Å²) in [5, 5.41) is 0. The molecule has 1 aromatic heterocycles. The van der Waals surface area contributed by atoms with Crippen LogP contribution in [0.25, 0.3) is 0 Å². The van der Waals surface area contributed by atoms with Crippen LogP contribution in [0.15, 0.2) is 14.7 Å². The van der Waals surface area contributed by atoms with Crippen molar-refractivity contribution in [3.05, 3.63) is 14.7 Å². The maximum absolute atomic E-state index is 12.3. The number of nitrogens with zero attached hydrogens (tertiary/aromatic N) is 1. The number of aryl methyl sites for hydroxylation is 1. The fourth-order valence-electron chi connectivity index (χ4n) is 1.80. The highest BCUT2D eigenvalue weighted by atomic mass is 79.9. The number of halogens is 2.